The van der Waals surface area contributed by atoms with Crippen LogP contribution >= 0.6 is 11.6 Å². The number of phenols is 1. The summed E-state index contributed by atoms with van der Waals surface area (Å²) in [6.45, 7) is 5.63. The molecule has 2 aromatic rings. The Morgan fingerprint density at radius 2 is 2.04 bits per heavy atom. The minimum absolute atomic E-state index is 0.0269. The Morgan fingerprint density at radius 1 is 1.32 bits per heavy atom. The first-order valence-electron chi connectivity index (χ1n) is 8.30. The highest BCUT2D eigenvalue weighted by Gasteiger charge is 2.17. The van der Waals surface area contributed by atoms with Crippen LogP contribution in [0, 0.1) is 10.1 Å². The van der Waals surface area contributed by atoms with Crippen molar-refractivity contribution < 1.29 is 19.6 Å². The zero-order valence-electron chi connectivity index (χ0n) is 15.6. The molecule has 2 aromatic carbocycles. The third kappa shape index (κ3) is 5.68. The van der Waals surface area contributed by atoms with Gasteiger partial charge in [0.1, 0.15) is 5.75 Å². The number of ether oxygens (including phenoxy) is 1. The third-order valence-electron chi connectivity index (χ3n) is 3.76. The van der Waals surface area contributed by atoms with Crippen LogP contribution in [0.5, 0.6) is 11.5 Å². The van der Waals surface area contributed by atoms with Gasteiger partial charge in [0.2, 0.25) is 0 Å². The molecule has 0 bridgehead atoms. The number of carbonyl (C=O) groups excluding carboxylic acids is 1. The van der Waals surface area contributed by atoms with Gasteiger partial charge in [-0.2, -0.15) is 5.10 Å². The lowest BCUT2D eigenvalue weighted by Gasteiger charge is -2.19. The Bertz CT molecular complexity index is 922. The van der Waals surface area contributed by atoms with Crippen molar-refractivity contribution >= 4 is 29.4 Å². The molecule has 0 spiro atoms. The van der Waals surface area contributed by atoms with E-state index < -0.39 is 17.4 Å². The Hall–Kier alpha value is -3.13. The number of rotatable bonds is 6. The summed E-state index contributed by atoms with van der Waals surface area (Å²) < 4.78 is 5.17. The molecular weight excluding hydrogens is 386 g/mol. The van der Waals surface area contributed by atoms with E-state index in [0.29, 0.717) is 5.56 Å². The van der Waals surface area contributed by atoms with E-state index in [9.17, 15) is 20.0 Å². The predicted molar refractivity (Wildman–Crippen MR) is 106 cm³/mol. The van der Waals surface area contributed by atoms with E-state index in [1.807, 2.05) is 26.8 Å². The van der Waals surface area contributed by atoms with E-state index in [0.717, 1.165) is 11.6 Å². The molecular formula is C19H20ClN3O5. The maximum absolute atomic E-state index is 11.9. The van der Waals surface area contributed by atoms with Crippen molar-refractivity contribution in [1.29, 1.82) is 0 Å². The summed E-state index contributed by atoms with van der Waals surface area (Å²) in [7, 11) is 0. The van der Waals surface area contributed by atoms with Gasteiger partial charge in [-0.1, -0.05) is 38.4 Å². The normalized spacial score (nSPS) is 11.4. The highest BCUT2D eigenvalue weighted by molar-refractivity contribution is 6.30. The molecule has 1 amide bonds. The van der Waals surface area contributed by atoms with Crippen LogP contribution in [0.25, 0.3) is 0 Å². The van der Waals surface area contributed by atoms with Crippen LogP contribution in [-0.2, 0) is 10.2 Å². The topological polar surface area (TPSA) is 114 Å². The van der Waals surface area contributed by atoms with Crippen LogP contribution in [0.2, 0.25) is 5.02 Å². The molecule has 0 aliphatic heterocycles. The average molecular weight is 406 g/mol. The van der Waals surface area contributed by atoms with Gasteiger partial charge in [-0.05, 0) is 35.2 Å². The molecule has 0 aliphatic carbocycles. The molecule has 9 heteroatoms. The number of carbonyl (C=O) groups is 1. The molecule has 2 N–H and O–H groups in total. The number of phenolic OH excluding ortho intramolecular Hbond substituents is 1. The molecule has 28 heavy (non-hydrogen) atoms. The van der Waals surface area contributed by atoms with Crippen LogP contribution in [0.4, 0.5) is 5.69 Å². The van der Waals surface area contributed by atoms with E-state index >= 15 is 0 Å². The number of hydrogen-bond acceptors (Lipinski definition) is 6. The van der Waals surface area contributed by atoms with Crippen molar-refractivity contribution in [3.05, 3.63) is 62.7 Å². The highest BCUT2D eigenvalue weighted by atomic mass is 35.5. The number of hydrazone groups is 1. The Morgan fingerprint density at radius 3 is 2.68 bits per heavy atom. The van der Waals surface area contributed by atoms with Gasteiger partial charge in [-0.15, -0.1) is 0 Å². The summed E-state index contributed by atoms with van der Waals surface area (Å²) in [5, 5.41) is 24.9. The lowest BCUT2D eigenvalue weighted by molar-refractivity contribution is -0.385. The van der Waals surface area contributed by atoms with E-state index in [2.05, 4.69) is 10.5 Å². The Balaban J connectivity index is 1.99. The number of benzene rings is 2. The van der Waals surface area contributed by atoms with Gasteiger partial charge in [0.25, 0.3) is 5.91 Å². The quantitative estimate of drug-likeness (QED) is 0.431. The maximum atomic E-state index is 11.9. The fourth-order valence-corrected chi connectivity index (χ4v) is 2.40. The van der Waals surface area contributed by atoms with Crippen molar-refractivity contribution in [2.75, 3.05) is 6.61 Å². The van der Waals surface area contributed by atoms with Gasteiger partial charge in [0.15, 0.2) is 12.4 Å². The summed E-state index contributed by atoms with van der Waals surface area (Å²) in [4.78, 5) is 22.2. The number of aromatic hydroxyl groups is 1. The molecule has 0 heterocycles. The van der Waals surface area contributed by atoms with Gasteiger partial charge in [-0.3, -0.25) is 14.9 Å². The third-order valence-corrected chi connectivity index (χ3v) is 4.00. The second kappa shape index (κ2) is 8.71. The first-order valence-corrected chi connectivity index (χ1v) is 8.68. The SMILES string of the molecule is CC(C)(C)c1ccc(O)c(/C=N/NC(=O)COc2ccc(Cl)cc2[N+](=O)[O-])c1. The molecule has 0 aliphatic rings. The molecule has 0 saturated carbocycles. The highest BCUT2D eigenvalue weighted by Crippen LogP contribution is 2.30. The van der Waals surface area contributed by atoms with Crippen molar-refractivity contribution in [2.45, 2.75) is 26.2 Å². The Labute approximate surface area is 166 Å². The Kier molecular flexibility index (Phi) is 6.58. The summed E-state index contributed by atoms with van der Waals surface area (Å²) in [5.74, 6) is -0.671. The van der Waals surface area contributed by atoms with Crippen molar-refractivity contribution in [3.63, 3.8) is 0 Å². The molecule has 148 valence electrons. The zero-order chi connectivity index (χ0) is 20.9. The van der Waals surface area contributed by atoms with Crippen LogP contribution in [-0.4, -0.2) is 28.8 Å². The lowest BCUT2D eigenvalue weighted by Crippen LogP contribution is -2.24. The van der Waals surface area contributed by atoms with Gasteiger partial charge < -0.3 is 9.84 Å². The van der Waals surface area contributed by atoms with E-state index in [-0.39, 0.29) is 27.6 Å². The summed E-state index contributed by atoms with van der Waals surface area (Å²) in [6.07, 6.45) is 1.31. The average Bonchev–Trinajstić information content (AvgIpc) is 2.61. The number of halogens is 1. The largest absolute Gasteiger partial charge is 0.507 e. The van der Waals surface area contributed by atoms with Crippen LogP contribution < -0.4 is 10.2 Å². The van der Waals surface area contributed by atoms with Gasteiger partial charge in [0, 0.05) is 16.7 Å². The number of nitrogens with one attached hydrogen (secondary N) is 1. The molecule has 2 rings (SSSR count). The number of amides is 1. The molecule has 0 radical (unpaired) electrons. The van der Waals surface area contributed by atoms with E-state index in [4.69, 9.17) is 16.3 Å². The summed E-state index contributed by atoms with van der Waals surface area (Å²) in [6, 6.07) is 9.03. The number of nitrogens with zero attached hydrogens (tertiary/aromatic N) is 2. The zero-order valence-corrected chi connectivity index (χ0v) is 16.4. The van der Waals surface area contributed by atoms with Gasteiger partial charge >= 0.3 is 5.69 Å². The molecule has 0 aromatic heterocycles. The molecule has 0 atom stereocenters. The molecule has 0 unspecified atom stereocenters. The standard InChI is InChI=1S/C19H20ClN3O5/c1-19(2,3)13-4-6-16(24)12(8-13)10-21-22-18(25)11-28-17-7-5-14(20)9-15(17)23(26)27/h4-10,24H,11H2,1-3H3,(H,22,25)/b21-10+. The molecule has 0 fully saturated rings. The predicted octanol–water partition coefficient (Wildman–Crippen LogP) is 3.78. The molecule has 0 saturated heterocycles. The van der Waals surface area contributed by atoms with E-state index in [1.165, 1.54) is 18.3 Å². The second-order valence-corrected chi connectivity index (χ2v) is 7.41. The monoisotopic (exact) mass is 405 g/mol. The number of nitro benzene ring substituents is 1. The minimum Gasteiger partial charge on any atom is -0.507 e. The number of nitro groups is 1. The van der Waals surface area contributed by atoms with Crippen molar-refractivity contribution in [3.8, 4) is 11.5 Å². The van der Waals surface area contributed by atoms with Crippen LogP contribution in [0.1, 0.15) is 31.9 Å². The van der Waals surface area contributed by atoms with Crippen LogP contribution in [0.3, 0.4) is 0 Å². The van der Waals surface area contributed by atoms with Crippen LogP contribution in [0.15, 0.2) is 41.5 Å². The number of hydrogen-bond donors (Lipinski definition) is 2. The summed E-state index contributed by atoms with van der Waals surface area (Å²) >= 11 is 5.72. The first kappa shape index (κ1) is 21.2. The van der Waals surface area contributed by atoms with E-state index in [1.54, 1.807) is 12.1 Å². The van der Waals surface area contributed by atoms with Crippen molar-refractivity contribution in [1.82, 2.24) is 5.43 Å². The first-order chi connectivity index (χ1) is 13.1. The van der Waals surface area contributed by atoms with Crippen molar-refractivity contribution in [2.24, 2.45) is 5.10 Å². The lowest BCUT2D eigenvalue weighted by atomic mass is 9.86. The minimum atomic E-state index is -0.651. The van der Waals surface area contributed by atoms with Gasteiger partial charge in [0.05, 0.1) is 11.1 Å². The summed E-state index contributed by atoms with van der Waals surface area (Å²) in [5.41, 5.74) is 3.24. The molecule has 8 nitrogen and oxygen atoms in total. The fourth-order valence-electron chi connectivity index (χ4n) is 2.23. The fraction of sp³-hybridized carbons (Fsp3) is 0.263. The maximum Gasteiger partial charge on any atom is 0.312 e. The smallest absolute Gasteiger partial charge is 0.312 e. The van der Waals surface area contributed by atoms with Gasteiger partial charge in [-0.25, -0.2) is 5.43 Å². The second-order valence-electron chi connectivity index (χ2n) is 6.97.